The van der Waals surface area contributed by atoms with Gasteiger partial charge >= 0.3 is 0 Å². The first kappa shape index (κ1) is 13.6. The molecule has 0 radical (unpaired) electrons. The summed E-state index contributed by atoms with van der Waals surface area (Å²) in [5.74, 6) is 0.780. The number of aliphatic hydroxyl groups is 1. The monoisotopic (exact) mass is 279 g/mol. The highest BCUT2D eigenvalue weighted by atomic mass is 32.1. The van der Waals surface area contributed by atoms with Gasteiger partial charge in [0.25, 0.3) is 0 Å². The Labute approximate surface area is 120 Å². The van der Waals surface area contributed by atoms with Crippen molar-refractivity contribution in [1.29, 1.82) is 0 Å². The second kappa shape index (κ2) is 5.55. The molecule has 2 heterocycles. The van der Waals surface area contributed by atoms with Gasteiger partial charge in [0.15, 0.2) is 0 Å². The number of fused-ring (bicyclic) bond motifs is 1. The first-order valence-electron chi connectivity index (χ1n) is 7.59. The molecule has 0 bridgehead atoms. The zero-order valence-corrected chi connectivity index (χ0v) is 12.7. The van der Waals surface area contributed by atoms with Gasteiger partial charge in [-0.1, -0.05) is 19.8 Å². The minimum Gasteiger partial charge on any atom is -0.396 e. The van der Waals surface area contributed by atoms with E-state index in [-0.39, 0.29) is 5.41 Å². The number of aliphatic hydroxyl groups excluding tert-OH is 1. The maximum Gasteiger partial charge on any atom is 0.0499 e. The van der Waals surface area contributed by atoms with Crippen LogP contribution in [0, 0.1) is 11.3 Å². The van der Waals surface area contributed by atoms with E-state index >= 15 is 0 Å². The Hall–Kier alpha value is -0.380. The molecule has 2 unspecified atom stereocenters. The predicted octanol–water partition coefficient (Wildman–Crippen LogP) is 3.30. The molecule has 1 aromatic heterocycles. The number of nitrogens with zero attached hydrogens (tertiary/aromatic N) is 1. The van der Waals surface area contributed by atoms with Gasteiger partial charge in [0, 0.05) is 36.5 Å². The number of hydrogen-bond acceptors (Lipinski definition) is 3. The molecule has 2 atom stereocenters. The van der Waals surface area contributed by atoms with Crippen LogP contribution in [0.15, 0.2) is 11.4 Å². The first-order valence-corrected chi connectivity index (χ1v) is 8.47. The Morgan fingerprint density at radius 2 is 2.42 bits per heavy atom. The highest BCUT2D eigenvalue weighted by Gasteiger charge is 2.36. The van der Waals surface area contributed by atoms with E-state index in [2.05, 4.69) is 23.3 Å². The van der Waals surface area contributed by atoms with Gasteiger partial charge in [-0.25, -0.2) is 0 Å². The molecule has 1 aliphatic carbocycles. The maximum atomic E-state index is 9.92. The molecule has 106 valence electrons. The Kier molecular flexibility index (Phi) is 3.97. The van der Waals surface area contributed by atoms with E-state index in [1.807, 2.05) is 11.3 Å². The van der Waals surface area contributed by atoms with E-state index in [9.17, 15) is 5.11 Å². The van der Waals surface area contributed by atoms with Crippen LogP contribution in [-0.4, -0.2) is 29.7 Å². The van der Waals surface area contributed by atoms with E-state index in [4.69, 9.17) is 0 Å². The van der Waals surface area contributed by atoms with Gasteiger partial charge in [-0.15, -0.1) is 11.3 Å². The van der Waals surface area contributed by atoms with E-state index < -0.39 is 0 Å². The third-order valence-corrected chi connectivity index (χ3v) is 5.99. The van der Waals surface area contributed by atoms with Crippen molar-refractivity contribution in [2.24, 2.45) is 11.3 Å². The van der Waals surface area contributed by atoms with Gasteiger partial charge in [-0.05, 0) is 42.2 Å². The van der Waals surface area contributed by atoms with Gasteiger partial charge in [0.05, 0.1) is 0 Å². The molecule has 3 heteroatoms. The van der Waals surface area contributed by atoms with Gasteiger partial charge in [-0.2, -0.15) is 0 Å². The fourth-order valence-electron chi connectivity index (χ4n) is 4.02. The molecule has 1 aromatic rings. The van der Waals surface area contributed by atoms with Crippen LogP contribution in [-0.2, 0) is 13.0 Å². The lowest BCUT2D eigenvalue weighted by Gasteiger charge is -2.43. The molecule has 0 spiro atoms. The summed E-state index contributed by atoms with van der Waals surface area (Å²) in [6.45, 7) is 6.06. The normalized spacial score (nSPS) is 32.2. The lowest BCUT2D eigenvalue weighted by atomic mass is 9.70. The average Bonchev–Trinajstić information content (AvgIpc) is 2.86. The van der Waals surface area contributed by atoms with Crippen LogP contribution < -0.4 is 0 Å². The van der Waals surface area contributed by atoms with Crippen LogP contribution in [0.4, 0.5) is 0 Å². The molecule has 0 aromatic carbocycles. The van der Waals surface area contributed by atoms with Gasteiger partial charge in [0.2, 0.25) is 0 Å². The van der Waals surface area contributed by atoms with Crippen LogP contribution in [0.5, 0.6) is 0 Å². The minimum absolute atomic E-state index is 0.172. The highest BCUT2D eigenvalue weighted by molar-refractivity contribution is 7.10. The zero-order chi connectivity index (χ0) is 13.3. The van der Waals surface area contributed by atoms with Crippen molar-refractivity contribution in [3.05, 3.63) is 21.9 Å². The Morgan fingerprint density at radius 1 is 1.53 bits per heavy atom. The van der Waals surface area contributed by atoms with E-state index in [0.717, 1.165) is 19.0 Å². The quantitative estimate of drug-likeness (QED) is 0.917. The summed E-state index contributed by atoms with van der Waals surface area (Å²) >= 11 is 1.90. The topological polar surface area (TPSA) is 23.5 Å². The SMILES string of the molecule is CC1CCCC(CO)(CN2CCc3sccc3C2)C1. The second-order valence-corrected chi connectivity index (χ2v) is 7.69. The van der Waals surface area contributed by atoms with Gasteiger partial charge < -0.3 is 5.11 Å². The predicted molar refractivity (Wildman–Crippen MR) is 80.5 cm³/mol. The summed E-state index contributed by atoms with van der Waals surface area (Å²) in [5.41, 5.74) is 1.69. The molecule has 2 nitrogen and oxygen atoms in total. The molecule has 1 fully saturated rings. The van der Waals surface area contributed by atoms with Gasteiger partial charge in [0.1, 0.15) is 0 Å². The Morgan fingerprint density at radius 3 is 3.21 bits per heavy atom. The molecule has 0 amide bonds. The molecule has 19 heavy (non-hydrogen) atoms. The third-order valence-electron chi connectivity index (χ3n) is 4.97. The van der Waals surface area contributed by atoms with Crippen molar-refractivity contribution in [3.63, 3.8) is 0 Å². The Balaban J connectivity index is 1.67. The first-order chi connectivity index (χ1) is 9.21. The molecule has 1 aliphatic heterocycles. The van der Waals surface area contributed by atoms with Crippen molar-refractivity contribution in [2.45, 2.75) is 45.6 Å². The summed E-state index contributed by atoms with van der Waals surface area (Å²) < 4.78 is 0. The average molecular weight is 279 g/mol. The van der Waals surface area contributed by atoms with Crippen LogP contribution in [0.2, 0.25) is 0 Å². The third kappa shape index (κ3) is 2.88. The minimum atomic E-state index is 0.172. The van der Waals surface area contributed by atoms with Crippen molar-refractivity contribution in [3.8, 4) is 0 Å². The van der Waals surface area contributed by atoms with Crippen molar-refractivity contribution in [1.82, 2.24) is 4.90 Å². The van der Waals surface area contributed by atoms with Crippen molar-refractivity contribution >= 4 is 11.3 Å². The number of thiophene rings is 1. The number of rotatable bonds is 3. The summed E-state index contributed by atoms with van der Waals surface area (Å²) in [6, 6.07) is 2.28. The molecule has 0 saturated heterocycles. The lowest BCUT2D eigenvalue weighted by Crippen LogP contribution is -2.44. The second-order valence-electron chi connectivity index (χ2n) is 6.69. The fraction of sp³-hybridized carbons (Fsp3) is 0.750. The summed E-state index contributed by atoms with van der Waals surface area (Å²) in [4.78, 5) is 4.15. The summed E-state index contributed by atoms with van der Waals surface area (Å²) in [6.07, 6.45) is 6.25. The van der Waals surface area contributed by atoms with Crippen LogP contribution in [0.25, 0.3) is 0 Å². The van der Waals surface area contributed by atoms with E-state index in [0.29, 0.717) is 6.61 Å². The summed E-state index contributed by atoms with van der Waals surface area (Å²) in [5, 5.41) is 12.1. The van der Waals surface area contributed by atoms with E-state index in [1.54, 1.807) is 4.88 Å². The van der Waals surface area contributed by atoms with Gasteiger partial charge in [-0.3, -0.25) is 4.90 Å². The molecular formula is C16H25NOS. The molecule has 1 N–H and O–H groups in total. The van der Waals surface area contributed by atoms with Crippen LogP contribution in [0.3, 0.4) is 0 Å². The number of hydrogen-bond donors (Lipinski definition) is 1. The largest absolute Gasteiger partial charge is 0.396 e. The molecule has 1 saturated carbocycles. The maximum absolute atomic E-state index is 9.92. The molecule has 2 aliphatic rings. The van der Waals surface area contributed by atoms with Crippen LogP contribution >= 0.6 is 11.3 Å². The fourth-order valence-corrected chi connectivity index (χ4v) is 4.91. The smallest absolute Gasteiger partial charge is 0.0499 e. The standard InChI is InChI=1S/C16H25NOS/c1-13-3-2-6-16(9-13,12-18)11-17-7-4-15-14(10-17)5-8-19-15/h5,8,13,18H,2-4,6-7,9-12H2,1H3. The van der Waals surface area contributed by atoms with Crippen LogP contribution in [0.1, 0.15) is 43.0 Å². The zero-order valence-electron chi connectivity index (χ0n) is 11.9. The molecule has 3 rings (SSSR count). The summed E-state index contributed by atoms with van der Waals surface area (Å²) in [7, 11) is 0. The lowest BCUT2D eigenvalue weighted by molar-refractivity contribution is 0.0202. The Bertz CT molecular complexity index is 430. The van der Waals surface area contributed by atoms with Crippen molar-refractivity contribution < 1.29 is 5.11 Å². The van der Waals surface area contributed by atoms with Crippen molar-refractivity contribution in [2.75, 3.05) is 19.7 Å². The molecular weight excluding hydrogens is 254 g/mol. The highest BCUT2D eigenvalue weighted by Crippen LogP contribution is 2.40. The van der Waals surface area contributed by atoms with E-state index in [1.165, 1.54) is 44.2 Å².